The molecule has 1 fully saturated rings. The number of likely N-dealkylation sites (tertiary alicyclic amines) is 1. The third-order valence-corrected chi connectivity index (χ3v) is 5.73. The van der Waals surface area contributed by atoms with Crippen molar-refractivity contribution < 1.29 is 4.79 Å². The maximum absolute atomic E-state index is 12.3. The number of H-pyrrole nitrogens is 1. The van der Waals surface area contributed by atoms with Gasteiger partial charge in [0.15, 0.2) is 0 Å². The van der Waals surface area contributed by atoms with Gasteiger partial charge < -0.3 is 4.90 Å². The molecule has 5 rings (SSSR count). The standard InChI is InChI=1S/C22H24N6O/c1-15-4-9-19-18(12-15)22(25-23-19)20-14-28(26-24-20)17-7-5-16(6-8-17)13-21(29)27-10-2-3-11-27/h5-9,12,14-15,23H,2-4,10-11,13H2,1H3. The molecule has 1 amide bonds. The normalized spacial score (nSPS) is 18.2. The SMILES string of the molecule is CC1C=c2c(-c3cn(-c4ccc(CC(=O)N5CCCC5)cc4)nn3)n[nH]c2=CC1. The zero-order valence-corrected chi connectivity index (χ0v) is 16.5. The predicted octanol–water partition coefficient (Wildman–Crippen LogP) is 1.42. The zero-order valence-electron chi connectivity index (χ0n) is 16.5. The summed E-state index contributed by atoms with van der Waals surface area (Å²) in [5, 5.41) is 18.3. The molecule has 1 aliphatic heterocycles. The molecule has 1 saturated heterocycles. The van der Waals surface area contributed by atoms with E-state index in [1.807, 2.05) is 35.4 Å². The zero-order chi connectivity index (χ0) is 19.8. The van der Waals surface area contributed by atoms with E-state index in [0.29, 0.717) is 12.3 Å². The summed E-state index contributed by atoms with van der Waals surface area (Å²) in [6, 6.07) is 7.94. The number of nitrogens with one attached hydrogen (secondary N) is 1. The van der Waals surface area contributed by atoms with Gasteiger partial charge >= 0.3 is 0 Å². The fourth-order valence-corrected chi connectivity index (χ4v) is 4.06. The number of nitrogens with zero attached hydrogens (tertiary/aromatic N) is 5. The summed E-state index contributed by atoms with van der Waals surface area (Å²) in [7, 11) is 0. The van der Waals surface area contributed by atoms with E-state index in [1.165, 1.54) is 0 Å². The Kier molecular flexibility index (Phi) is 4.50. The molecule has 7 heteroatoms. The van der Waals surface area contributed by atoms with Gasteiger partial charge in [0.1, 0.15) is 11.4 Å². The van der Waals surface area contributed by atoms with Crippen molar-refractivity contribution in [3.63, 3.8) is 0 Å². The molecule has 3 heterocycles. The van der Waals surface area contributed by atoms with Crippen LogP contribution in [0.15, 0.2) is 30.5 Å². The van der Waals surface area contributed by atoms with Crippen molar-refractivity contribution in [2.75, 3.05) is 13.1 Å². The van der Waals surface area contributed by atoms with Crippen LogP contribution in [-0.4, -0.2) is 49.1 Å². The Labute approximate surface area is 168 Å². The molecule has 1 atom stereocenters. The Balaban J connectivity index is 1.35. The molecule has 0 radical (unpaired) electrons. The molecule has 1 aromatic carbocycles. The van der Waals surface area contributed by atoms with E-state index in [4.69, 9.17) is 0 Å². The van der Waals surface area contributed by atoms with Gasteiger partial charge in [0, 0.05) is 18.3 Å². The summed E-state index contributed by atoms with van der Waals surface area (Å²) in [6.07, 6.45) is 10.0. The number of aromatic amines is 1. The molecule has 2 aromatic heterocycles. The molecule has 3 aromatic rings. The van der Waals surface area contributed by atoms with E-state index in [-0.39, 0.29) is 5.91 Å². The van der Waals surface area contributed by atoms with Crippen LogP contribution in [0.4, 0.5) is 0 Å². The van der Waals surface area contributed by atoms with Crippen molar-refractivity contribution in [1.29, 1.82) is 0 Å². The second-order valence-electron chi connectivity index (χ2n) is 7.96. The molecule has 1 aliphatic carbocycles. The van der Waals surface area contributed by atoms with Crippen LogP contribution in [0.1, 0.15) is 31.7 Å². The molecule has 1 N–H and O–H groups in total. The van der Waals surface area contributed by atoms with Gasteiger partial charge in [-0.25, -0.2) is 4.68 Å². The number of carbonyl (C=O) groups excluding carboxylic acids is 1. The number of aromatic nitrogens is 5. The van der Waals surface area contributed by atoms with E-state index >= 15 is 0 Å². The third kappa shape index (κ3) is 3.48. The van der Waals surface area contributed by atoms with Gasteiger partial charge in [-0.1, -0.05) is 36.4 Å². The van der Waals surface area contributed by atoms with Crippen molar-refractivity contribution in [3.05, 3.63) is 46.6 Å². The first-order chi connectivity index (χ1) is 14.2. The van der Waals surface area contributed by atoms with Crippen LogP contribution in [0.2, 0.25) is 0 Å². The number of carbonyl (C=O) groups is 1. The monoisotopic (exact) mass is 388 g/mol. The predicted molar refractivity (Wildman–Crippen MR) is 110 cm³/mol. The van der Waals surface area contributed by atoms with Gasteiger partial charge in [-0.05, 0) is 42.9 Å². The maximum atomic E-state index is 12.3. The van der Waals surface area contributed by atoms with Gasteiger partial charge in [0.2, 0.25) is 5.91 Å². The number of benzene rings is 1. The lowest BCUT2D eigenvalue weighted by atomic mass is 10.0. The van der Waals surface area contributed by atoms with Gasteiger partial charge in [-0.15, -0.1) is 5.10 Å². The van der Waals surface area contributed by atoms with E-state index in [2.05, 4.69) is 39.6 Å². The summed E-state index contributed by atoms with van der Waals surface area (Å²) >= 11 is 0. The average molecular weight is 388 g/mol. The lowest BCUT2D eigenvalue weighted by Crippen LogP contribution is -2.29. The lowest BCUT2D eigenvalue weighted by molar-refractivity contribution is -0.129. The highest BCUT2D eigenvalue weighted by molar-refractivity contribution is 5.79. The molecule has 29 heavy (non-hydrogen) atoms. The van der Waals surface area contributed by atoms with E-state index < -0.39 is 0 Å². The fourth-order valence-electron chi connectivity index (χ4n) is 4.06. The van der Waals surface area contributed by atoms with E-state index in [0.717, 1.165) is 65.6 Å². The number of hydrogen-bond acceptors (Lipinski definition) is 4. The van der Waals surface area contributed by atoms with Gasteiger partial charge in [-0.2, -0.15) is 5.10 Å². The molecule has 1 unspecified atom stereocenters. The fraction of sp³-hybridized carbons (Fsp3) is 0.364. The molecule has 7 nitrogen and oxygen atoms in total. The second kappa shape index (κ2) is 7.31. The summed E-state index contributed by atoms with van der Waals surface area (Å²) in [4.78, 5) is 14.3. The molecular weight excluding hydrogens is 364 g/mol. The first-order valence-electron chi connectivity index (χ1n) is 10.2. The van der Waals surface area contributed by atoms with Crippen LogP contribution in [-0.2, 0) is 11.2 Å². The van der Waals surface area contributed by atoms with Gasteiger partial charge in [-0.3, -0.25) is 9.89 Å². The molecular formula is C22H24N6O. The Bertz CT molecular complexity index is 1150. The smallest absolute Gasteiger partial charge is 0.226 e. The summed E-state index contributed by atoms with van der Waals surface area (Å²) in [5.41, 5.74) is 3.51. The second-order valence-corrected chi connectivity index (χ2v) is 7.96. The van der Waals surface area contributed by atoms with Crippen molar-refractivity contribution >= 4 is 18.1 Å². The topological polar surface area (TPSA) is 79.7 Å². The van der Waals surface area contributed by atoms with Gasteiger partial charge in [0.25, 0.3) is 0 Å². The Morgan fingerprint density at radius 3 is 2.79 bits per heavy atom. The average Bonchev–Trinajstić information content (AvgIpc) is 3.48. The molecule has 0 bridgehead atoms. The highest BCUT2D eigenvalue weighted by Gasteiger charge is 2.18. The van der Waals surface area contributed by atoms with Crippen molar-refractivity contribution in [1.82, 2.24) is 30.1 Å². The highest BCUT2D eigenvalue weighted by Crippen LogP contribution is 2.16. The minimum Gasteiger partial charge on any atom is -0.342 e. The minimum atomic E-state index is 0.212. The minimum absolute atomic E-state index is 0.212. The number of hydrogen-bond donors (Lipinski definition) is 1. The van der Waals surface area contributed by atoms with E-state index in [9.17, 15) is 4.79 Å². The summed E-state index contributed by atoms with van der Waals surface area (Å²) in [5.74, 6) is 0.702. The molecule has 0 saturated carbocycles. The van der Waals surface area contributed by atoms with Crippen LogP contribution in [0, 0.1) is 5.92 Å². The maximum Gasteiger partial charge on any atom is 0.226 e. The Morgan fingerprint density at radius 1 is 1.21 bits per heavy atom. The number of rotatable bonds is 4. The van der Waals surface area contributed by atoms with Crippen molar-refractivity contribution in [2.24, 2.45) is 5.92 Å². The van der Waals surface area contributed by atoms with Crippen LogP contribution >= 0.6 is 0 Å². The summed E-state index contributed by atoms with van der Waals surface area (Å²) < 4.78 is 1.75. The first kappa shape index (κ1) is 17.8. The Morgan fingerprint density at radius 2 is 2.00 bits per heavy atom. The highest BCUT2D eigenvalue weighted by atomic mass is 16.2. The molecule has 2 aliphatic rings. The van der Waals surface area contributed by atoms with Crippen molar-refractivity contribution in [2.45, 2.75) is 32.6 Å². The molecule has 0 spiro atoms. The number of amides is 1. The number of fused-ring (bicyclic) bond motifs is 1. The van der Waals surface area contributed by atoms with Crippen LogP contribution in [0.25, 0.3) is 29.2 Å². The van der Waals surface area contributed by atoms with Crippen LogP contribution in [0.3, 0.4) is 0 Å². The van der Waals surface area contributed by atoms with Crippen LogP contribution in [0.5, 0.6) is 0 Å². The van der Waals surface area contributed by atoms with E-state index in [1.54, 1.807) is 4.68 Å². The summed E-state index contributed by atoms with van der Waals surface area (Å²) in [6.45, 7) is 3.98. The first-order valence-corrected chi connectivity index (χ1v) is 10.2. The Hall–Kier alpha value is -3.22. The quantitative estimate of drug-likeness (QED) is 0.733. The molecule has 148 valence electrons. The largest absolute Gasteiger partial charge is 0.342 e. The van der Waals surface area contributed by atoms with Gasteiger partial charge in [0.05, 0.1) is 23.7 Å². The van der Waals surface area contributed by atoms with Crippen LogP contribution < -0.4 is 10.6 Å². The lowest BCUT2D eigenvalue weighted by Gasteiger charge is -2.15. The third-order valence-electron chi connectivity index (χ3n) is 5.73. The van der Waals surface area contributed by atoms with Crippen molar-refractivity contribution in [3.8, 4) is 17.1 Å².